The molecule has 2 heterocycles. The van der Waals surface area contributed by atoms with Gasteiger partial charge in [0.1, 0.15) is 5.82 Å². The molecule has 0 radical (unpaired) electrons. The molecule has 14 heavy (non-hydrogen) atoms. The SMILES string of the molecule is Clc1ccsc1CNc1cnccn1. The van der Waals surface area contributed by atoms with Gasteiger partial charge in [-0.1, -0.05) is 11.6 Å². The van der Waals surface area contributed by atoms with Crippen molar-refractivity contribution >= 4 is 28.8 Å². The standard InChI is InChI=1S/C9H8ClN3S/c10-7-1-4-14-8(7)5-13-9-6-11-2-3-12-9/h1-4,6H,5H2,(H,12,13). The minimum atomic E-state index is 0.690. The lowest BCUT2D eigenvalue weighted by molar-refractivity contribution is 1.11. The molecule has 0 saturated heterocycles. The number of nitrogens with zero attached hydrogens (tertiary/aromatic N) is 2. The summed E-state index contributed by atoms with van der Waals surface area (Å²) in [6, 6.07) is 1.89. The van der Waals surface area contributed by atoms with Gasteiger partial charge in [0.2, 0.25) is 0 Å². The Morgan fingerprint density at radius 1 is 1.43 bits per heavy atom. The summed E-state index contributed by atoms with van der Waals surface area (Å²) in [5.41, 5.74) is 0. The van der Waals surface area contributed by atoms with Gasteiger partial charge in [-0.25, -0.2) is 4.98 Å². The van der Waals surface area contributed by atoms with Crippen molar-refractivity contribution in [3.8, 4) is 0 Å². The summed E-state index contributed by atoms with van der Waals surface area (Å²) in [7, 11) is 0. The van der Waals surface area contributed by atoms with Crippen molar-refractivity contribution in [2.24, 2.45) is 0 Å². The van der Waals surface area contributed by atoms with E-state index in [0.717, 1.165) is 15.7 Å². The van der Waals surface area contributed by atoms with Gasteiger partial charge in [0, 0.05) is 17.3 Å². The van der Waals surface area contributed by atoms with Crippen molar-refractivity contribution < 1.29 is 0 Å². The molecule has 1 N–H and O–H groups in total. The van der Waals surface area contributed by atoms with Gasteiger partial charge in [0.05, 0.1) is 17.8 Å². The van der Waals surface area contributed by atoms with Crippen molar-refractivity contribution in [3.05, 3.63) is 39.9 Å². The average molecular weight is 226 g/mol. The van der Waals surface area contributed by atoms with Crippen LogP contribution >= 0.6 is 22.9 Å². The third-order valence-corrected chi connectivity index (χ3v) is 3.07. The minimum absolute atomic E-state index is 0.690. The van der Waals surface area contributed by atoms with Crippen LogP contribution in [-0.2, 0) is 6.54 Å². The molecule has 0 saturated carbocycles. The Morgan fingerprint density at radius 3 is 3.00 bits per heavy atom. The van der Waals surface area contributed by atoms with Crippen molar-refractivity contribution in [1.29, 1.82) is 0 Å². The first-order chi connectivity index (χ1) is 6.86. The quantitative estimate of drug-likeness (QED) is 0.873. The summed E-state index contributed by atoms with van der Waals surface area (Å²) in [5.74, 6) is 0.761. The summed E-state index contributed by atoms with van der Waals surface area (Å²) >= 11 is 7.57. The summed E-state index contributed by atoms with van der Waals surface area (Å²) in [6.45, 7) is 0.690. The molecule has 0 aliphatic carbocycles. The molecule has 0 aliphatic heterocycles. The smallest absolute Gasteiger partial charge is 0.144 e. The molecule has 0 unspecified atom stereocenters. The molecule has 2 aromatic heterocycles. The minimum Gasteiger partial charge on any atom is -0.364 e. The number of anilines is 1. The zero-order chi connectivity index (χ0) is 9.80. The second-order valence-corrected chi connectivity index (χ2v) is 4.04. The third kappa shape index (κ3) is 2.21. The fourth-order valence-corrected chi connectivity index (χ4v) is 2.06. The second kappa shape index (κ2) is 4.39. The highest BCUT2D eigenvalue weighted by atomic mass is 35.5. The Morgan fingerprint density at radius 2 is 2.36 bits per heavy atom. The van der Waals surface area contributed by atoms with E-state index >= 15 is 0 Å². The van der Waals surface area contributed by atoms with Crippen LogP contribution in [0.3, 0.4) is 0 Å². The Bertz CT molecular complexity index is 401. The van der Waals surface area contributed by atoms with E-state index in [9.17, 15) is 0 Å². The van der Waals surface area contributed by atoms with E-state index in [1.165, 1.54) is 0 Å². The van der Waals surface area contributed by atoms with Crippen LogP contribution < -0.4 is 5.32 Å². The van der Waals surface area contributed by atoms with Crippen LogP contribution in [-0.4, -0.2) is 9.97 Å². The first kappa shape index (κ1) is 9.43. The number of hydrogen-bond donors (Lipinski definition) is 1. The monoisotopic (exact) mass is 225 g/mol. The molecule has 0 atom stereocenters. The molecule has 0 bridgehead atoms. The molecular formula is C9H8ClN3S. The van der Waals surface area contributed by atoms with Crippen molar-refractivity contribution in [3.63, 3.8) is 0 Å². The van der Waals surface area contributed by atoms with Crippen molar-refractivity contribution in [2.75, 3.05) is 5.32 Å². The highest BCUT2D eigenvalue weighted by Crippen LogP contribution is 2.22. The van der Waals surface area contributed by atoms with Gasteiger partial charge in [0.15, 0.2) is 0 Å². The van der Waals surface area contributed by atoms with Crippen LogP contribution in [0, 0.1) is 0 Å². The lowest BCUT2D eigenvalue weighted by Crippen LogP contribution is -1.99. The molecular weight excluding hydrogens is 218 g/mol. The summed E-state index contributed by atoms with van der Waals surface area (Å²) in [6.07, 6.45) is 4.98. The van der Waals surface area contributed by atoms with Crippen LogP contribution in [0.5, 0.6) is 0 Å². The van der Waals surface area contributed by atoms with E-state index in [1.54, 1.807) is 29.9 Å². The lowest BCUT2D eigenvalue weighted by Gasteiger charge is -2.02. The van der Waals surface area contributed by atoms with Gasteiger partial charge in [-0.3, -0.25) is 4.98 Å². The molecule has 2 rings (SSSR count). The van der Waals surface area contributed by atoms with Gasteiger partial charge in [-0.15, -0.1) is 11.3 Å². The van der Waals surface area contributed by atoms with Crippen LogP contribution in [0.4, 0.5) is 5.82 Å². The predicted octanol–water partition coefficient (Wildman–Crippen LogP) is 2.80. The van der Waals surface area contributed by atoms with E-state index in [0.29, 0.717) is 6.54 Å². The Kier molecular flexibility index (Phi) is 2.96. The highest BCUT2D eigenvalue weighted by Gasteiger charge is 2.01. The van der Waals surface area contributed by atoms with Gasteiger partial charge >= 0.3 is 0 Å². The summed E-state index contributed by atoms with van der Waals surface area (Å²) in [5, 5.41) is 5.91. The maximum Gasteiger partial charge on any atom is 0.144 e. The largest absolute Gasteiger partial charge is 0.364 e. The molecule has 3 nitrogen and oxygen atoms in total. The Labute approximate surface area is 90.8 Å². The first-order valence-corrected chi connectivity index (χ1v) is 5.34. The fourth-order valence-electron chi connectivity index (χ4n) is 1.01. The number of rotatable bonds is 3. The van der Waals surface area contributed by atoms with Crippen LogP contribution in [0.25, 0.3) is 0 Å². The molecule has 0 amide bonds. The zero-order valence-electron chi connectivity index (χ0n) is 7.27. The van der Waals surface area contributed by atoms with Gasteiger partial charge in [-0.2, -0.15) is 0 Å². The average Bonchev–Trinajstić information content (AvgIpc) is 2.63. The second-order valence-electron chi connectivity index (χ2n) is 2.64. The summed E-state index contributed by atoms with van der Waals surface area (Å²) in [4.78, 5) is 9.16. The Hall–Kier alpha value is -1.13. The Balaban J connectivity index is 1.99. The van der Waals surface area contributed by atoms with E-state index in [2.05, 4.69) is 15.3 Å². The van der Waals surface area contributed by atoms with E-state index in [1.807, 2.05) is 11.4 Å². The van der Waals surface area contributed by atoms with Crippen molar-refractivity contribution in [2.45, 2.75) is 6.54 Å². The number of aromatic nitrogens is 2. The maximum absolute atomic E-state index is 5.94. The van der Waals surface area contributed by atoms with Crippen molar-refractivity contribution in [1.82, 2.24) is 9.97 Å². The topological polar surface area (TPSA) is 37.8 Å². The summed E-state index contributed by atoms with van der Waals surface area (Å²) < 4.78 is 0. The number of nitrogens with one attached hydrogen (secondary N) is 1. The predicted molar refractivity (Wildman–Crippen MR) is 58.7 cm³/mol. The fraction of sp³-hybridized carbons (Fsp3) is 0.111. The molecule has 0 aromatic carbocycles. The van der Waals surface area contributed by atoms with Gasteiger partial charge in [-0.05, 0) is 11.4 Å². The highest BCUT2D eigenvalue weighted by molar-refractivity contribution is 7.10. The first-order valence-electron chi connectivity index (χ1n) is 4.08. The van der Waals surface area contributed by atoms with E-state index in [-0.39, 0.29) is 0 Å². The van der Waals surface area contributed by atoms with E-state index < -0.39 is 0 Å². The number of thiophene rings is 1. The number of hydrogen-bond acceptors (Lipinski definition) is 4. The molecule has 0 fully saturated rings. The van der Waals surface area contributed by atoms with Crippen LogP contribution in [0.2, 0.25) is 5.02 Å². The molecule has 0 spiro atoms. The van der Waals surface area contributed by atoms with Crippen LogP contribution in [0.15, 0.2) is 30.0 Å². The van der Waals surface area contributed by atoms with Crippen LogP contribution in [0.1, 0.15) is 4.88 Å². The van der Waals surface area contributed by atoms with Gasteiger partial charge in [0.25, 0.3) is 0 Å². The molecule has 5 heteroatoms. The molecule has 0 aliphatic rings. The zero-order valence-corrected chi connectivity index (χ0v) is 8.85. The lowest BCUT2D eigenvalue weighted by atomic mass is 10.4. The normalized spacial score (nSPS) is 10.1. The third-order valence-electron chi connectivity index (χ3n) is 1.68. The number of halogens is 1. The molecule has 2 aromatic rings. The van der Waals surface area contributed by atoms with Gasteiger partial charge < -0.3 is 5.32 Å². The molecule has 72 valence electrons. The van der Waals surface area contributed by atoms with E-state index in [4.69, 9.17) is 11.6 Å². The maximum atomic E-state index is 5.94.